The average Bonchev–Trinajstić information content (AvgIpc) is 2.32. The minimum Gasteiger partial charge on any atom is -0.487 e. The normalized spacial score (nSPS) is 10.2. The van der Waals surface area contributed by atoms with Crippen LogP contribution in [0.3, 0.4) is 0 Å². The van der Waals surface area contributed by atoms with Crippen LogP contribution in [0.2, 0.25) is 0 Å². The van der Waals surface area contributed by atoms with Gasteiger partial charge in [0.1, 0.15) is 18.2 Å². The number of hydrogen-bond acceptors (Lipinski definition) is 4. The highest BCUT2D eigenvalue weighted by Crippen LogP contribution is 2.19. The predicted molar refractivity (Wildman–Crippen MR) is 66.7 cm³/mol. The van der Waals surface area contributed by atoms with Crippen molar-refractivity contribution in [1.82, 2.24) is 9.97 Å². The first-order valence-electron chi connectivity index (χ1n) is 5.41. The molecular formula is C13H15N3O. The van der Waals surface area contributed by atoms with Gasteiger partial charge in [0.25, 0.3) is 0 Å². The van der Waals surface area contributed by atoms with Crippen LogP contribution in [0.5, 0.6) is 5.75 Å². The Morgan fingerprint density at radius 1 is 1.18 bits per heavy atom. The first kappa shape index (κ1) is 11.4. The Morgan fingerprint density at radius 2 is 2.00 bits per heavy atom. The maximum Gasteiger partial charge on any atom is 0.141 e. The van der Waals surface area contributed by atoms with Gasteiger partial charge in [-0.1, -0.05) is 12.1 Å². The fraction of sp³-hybridized carbons (Fsp3) is 0.231. The van der Waals surface area contributed by atoms with Crippen molar-refractivity contribution < 1.29 is 4.74 Å². The lowest BCUT2D eigenvalue weighted by Gasteiger charge is -2.09. The van der Waals surface area contributed by atoms with E-state index in [-0.39, 0.29) is 0 Å². The van der Waals surface area contributed by atoms with E-state index in [0.717, 1.165) is 17.0 Å². The molecule has 0 fully saturated rings. The molecule has 0 atom stereocenters. The summed E-state index contributed by atoms with van der Waals surface area (Å²) in [5, 5.41) is 0. The van der Waals surface area contributed by atoms with Gasteiger partial charge in [0.15, 0.2) is 0 Å². The first-order chi connectivity index (χ1) is 8.15. The second kappa shape index (κ2) is 4.82. The number of aryl methyl sites for hydroxylation is 2. The number of hydrogen-bond donors (Lipinski definition) is 1. The van der Waals surface area contributed by atoms with Crippen molar-refractivity contribution >= 4 is 5.82 Å². The molecule has 1 aromatic carbocycles. The molecule has 88 valence electrons. The molecule has 0 saturated heterocycles. The Balaban J connectivity index is 2.07. The molecular weight excluding hydrogens is 214 g/mol. The van der Waals surface area contributed by atoms with Crippen molar-refractivity contribution in [2.75, 3.05) is 5.73 Å². The molecule has 0 spiro atoms. The van der Waals surface area contributed by atoms with Crippen LogP contribution in [-0.2, 0) is 6.61 Å². The molecule has 17 heavy (non-hydrogen) atoms. The van der Waals surface area contributed by atoms with Gasteiger partial charge >= 0.3 is 0 Å². The topological polar surface area (TPSA) is 61.0 Å². The molecule has 0 saturated carbocycles. The average molecular weight is 229 g/mol. The number of nitrogens with zero attached hydrogens (tertiary/aromatic N) is 2. The second-order valence-electron chi connectivity index (χ2n) is 3.99. The summed E-state index contributed by atoms with van der Waals surface area (Å²) in [4.78, 5) is 8.10. The summed E-state index contributed by atoms with van der Waals surface area (Å²) in [7, 11) is 0. The van der Waals surface area contributed by atoms with E-state index in [1.54, 1.807) is 6.20 Å². The van der Waals surface area contributed by atoms with Crippen LogP contribution >= 0.6 is 0 Å². The second-order valence-corrected chi connectivity index (χ2v) is 3.99. The van der Waals surface area contributed by atoms with Gasteiger partial charge in [0.05, 0.1) is 18.1 Å². The number of nitrogens with two attached hydrogens (primary N) is 1. The van der Waals surface area contributed by atoms with Crippen LogP contribution in [-0.4, -0.2) is 9.97 Å². The summed E-state index contributed by atoms with van der Waals surface area (Å²) < 4.78 is 5.70. The summed E-state index contributed by atoms with van der Waals surface area (Å²) in [6, 6.07) is 6.12. The summed E-state index contributed by atoms with van der Waals surface area (Å²) >= 11 is 0. The van der Waals surface area contributed by atoms with Gasteiger partial charge in [-0.2, -0.15) is 0 Å². The number of aromatic nitrogens is 2. The Hall–Kier alpha value is -2.10. The molecule has 0 aliphatic carbocycles. The van der Waals surface area contributed by atoms with E-state index in [1.165, 1.54) is 11.8 Å². The molecule has 0 bridgehead atoms. The van der Waals surface area contributed by atoms with Gasteiger partial charge in [-0.05, 0) is 31.0 Å². The third kappa shape index (κ3) is 2.93. The molecule has 0 amide bonds. The van der Waals surface area contributed by atoms with Crippen molar-refractivity contribution in [3.8, 4) is 5.75 Å². The molecule has 0 unspecified atom stereocenters. The highest BCUT2D eigenvalue weighted by molar-refractivity contribution is 5.36. The smallest absolute Gasteiger partial charge is 0.141 e. The van der Waals surface area contributed by atoms with Crippen LogP contribution < -0.4 is 10.5 Å². The van der Waals surface area contributed by atoms with Gasteiger partial charge in [0, 0.05) is 0 Å². The lowest BCUT2D eigenvalue weighted by atomic mass is 10.1. The van der Waals surface area contributed by atoms with Crippen molar-refractivity contribution in [1.29, 1.82) is 0 Å². The van der Waals surface area contributed by atoms with Gasteiger partial charge in [-0.15, -0.1) is 0 Å². The summed E-state index contributed by atoms with van der Waals surface area (Å²) in [6.45, 7) is 4.45. The monoisotopic (exact) mass is 229 g/mol. The standard InChI is InChI=1S/C13H15N3O/c1-9-3-4-10(2)12(5-9)17-8-11-6-16-13(14)7-15-11/h3-7H,8H2,1-2H3,(H2,14,16). The number of rotatable bonds is 3. The zero-order valence-electron chi connectivity index (χ0n) is 9.97. The number of anilines is 1. The third-order valence-electron chi connectivity index (χ3n) is 2.44. The SMILES string of the molecule is Cc1ccc(C)c(OCc2cnc(N)cn2)c1. The van der Waals surface area contributed by atoms with E-state index < -0.39 is 0 Å². The van der Waals surface area contributed by atoms with E-state index in [9.17, 15) is 0 Å². The number of benzene rings is 1. The van der Waals surface area contributed by atoms with E-state index >= 15 is 0 Å². The molecule has 2 aromatic rings. The van der Waals surface area contributed by atoms with Crippen molar-refractivity contribution in [2.24, 2.45) is 0 Å². The number of nitrogen functional groups attached to an aromatic ring is 1. The Bertz CT molecular complexity index is 509. The molecule has 1 aromatic heterocycles. The Labute approximate surface area is 100 Å². The van der Waals surface area contributed by atoms with Crippen molar-refractivity contribution in [2.45, 2.75) is 20.5 Å². The van der Waals surface area contributed by atoms with Gasteiger partial charge in [0.2, 0.25) is 0 Å². The Morgan fingerprint density at radius 3 is 2.71 bits per heavy atom. The van der Waals surface area contributed by atoms with E-state index in [0.29, 0.717) is 12.4 Å². The molecule has 0 aliphatic heterocycles. The third-order valence-corrected chi connectivity index (χ3v) is 2.44. The van der Waals surface area contributed by atoms with E-state index in [4.69, 9.17) is 10.5 Å². The first-order valence-corrected chi connectivity index (χ1v) is 5.41. The maximum absolute atomic E-state index is 5.70. The number of ether oxygens (including phenoxy) is 1. The highest BCUT2D eigenvalue weighted by atomic mass is 16.5. The zero-order valence-corrected chi connectivity index (χ0v) is 9.97. The molecule has 2 rings (SSSR count). The fourth-order valence-corrected chi connectivity index (χ4v) is 1.45. The van der Waals surface area contributed by atoms with Crippen LogP contribution in [0.4, 0.5) is 5.82 Å². The van der Waals surface area contributed by atoms with Crippen LogP contribution in [0.25, 0.3) is 0 Å². The molecule has 0 radical (unpaired) electrons. The van der Waals surface area contributed by atoms with Gasteiger partial charge in [-0.25, -0.2) is 4.98 Å². The predicted octanol–water partition coefficient (Wildman–Crippen LogP) is 2.25. The minimum atomic E-state index is 0.400. The maximum atomic E-state index is 5.70. The minimum absolute atomic E-state index is 0.400. The van der Waals surface area contributed by atoms with Crippen molar-refractivity contribution in [3.05, 3.63) is 47.4 Å². The molecule has 0 aliphatic rings. The molecule has 4 nitrogen and oxygen atoms in total. The summed E-state index contributed by atoms with van der Waals surface area (Å²) in [5.41, 5.74) is 8.51. The Kier molecular flexibility index (Phi) is 3.23. The summed E-state index contributed by atoms with van der Waals surface area (Å²) in [6.07, 6.45) is 3.16. The van der Waals surface area contributed by atoms with Crippen molar-refractivity contribution in [3.63, 3.8) is 0 Å². The lowest BCUT2D eigenvalue weighted by Crippen LogP contribution is -2.01. The largest absolute Gasteiger partial charge is 0.487 e. The summed E-state index contributed by atoms with van der Waals surface area (Å²) in [5.74, 6) is 1.30. The quantitative estimate of drug-likeness (QED) is 0.876. The van der Waals surface area contributed by atoms with E-state index in [2.05, 4.69) is 16.0 Å². The molecule has 2 N–H and O–H groups in total. The van der Waals surface area contributed by atoms with Crippen LogP contribution in [0.1, 0.15) is 16.8 Å². The molecule has 4 heteroatoms. The van der Waals surface area contributed by atoms with E-state index in [1.807, 2.05) is 26.0 Å². The fourth-order valence-electron chi connectivity index (χ4n) is 1.45. The lowest BCUT2D eigenvalue weighted by molar-refractivity contribution is 0.298. The molecule has 1 heterocycles. The highest BCUT2D eigenvalue weighted by Gasteiger charge is 2.01. The zero-order chi connectivity index (χ0) is 12.3. The van der Waals surface area contributed by atoms with Gasteiger partial charge < -0.3 is 10.5 Å². The van der Waals surface area contributed by atoms with Crippen LogP contribution in [0, 0.1) is 13.8 Å². The van der Waals surface area contributed by atoms with Crippen LogP contribution in [0.15, 0.2) is 30.6 Å². The van der Waals surface area contributed by atoms with Gasteiger partial charge in [-0.3, -0.25) is 4.98 Å².